The summed E-state index contributed by atoms with van der Waals surface area (Å²) in [6, 6.07) is 27.4. The lowest BCUT2D eigenvalue weighted by Gasteiger charge is -1.96. The van der Waals surface area contributed by atoms with Crippen molar-refractivity contribution in [3.8, 4) is 17.2 Å². The van der Waals surface area contributed by atoms with Gasteiger partial charge in [0.05, 0.1) is 0 Å². The van der Waals surface area contributed by atoms with Crippen molar-refractivity contribution < 1.29 is 15.3 Å². The molecule has 0 saturated heterocycles. The molecule has 0 spiro atoms. The average Bonchev–Trinajstić information content (AvgIpc) is 2.86. The van der Waals surface area contributed by atoms with E-state index in [9.17, 15) is 15.3 Å². The standard InChI is InChI=1S/3C9H7NO.Mg.2H/c3*11-8-5-1-3-7-4-2-6-10-9(7)8;;;/h3*1-6,11H;;;. The number of phenolic OH excluding ortho intramolecular Hbond substituents is 3. The zero-order chi connectivity index (χ0) is 23.0. The molecule has 0 aliphatic carbocycles. The smallest absolute Gasteiger partial charge is 0.316 e. The summed E-state index contributed by atoms with van der Waals surface area (Å²) >= 11 is 0. The number of nitrogens with zero attached hydrogens (tertiary/aromatic N) is 3. The van der Waals surface area contributed by atoms with Gasteiger partial charge in [0.1, 0.15) is 33.8 Å². The van der Waals surface area contributed by atoms with Crippen LogP contribution in [0, 0.1) is 0 Å². The second kappa shape index (κ2) is 11.8. The Hall–Kier alpha value is -3.94. The zero-order valence-electron chi connectivity index (χ0n) is 17.6. The third-order valence-corrected chi connectivity index (χ3v) is 4.83. The quantitative estimate of drug-likeness (QED) is 0.278. The van der Waals surface area contributed by atoms with Crippen LogP contribution in [0.1, 0.15) is 0 Å². The number of aromatic nitrogens is 3. The Balaban J connectivity index is 0.000000141. The molecule has 7 heteroatoms. The molecule has 0 unspecified atom stereocenters. The zero-order valence-corrected chi connectivity index (χ0v) is 17.6. The Morgan fingerprint density at radius 2 is 0.647 bits per heavy atom. The van der Waals surface area contributed by atoms with Crippen molar-refractivity contribution in [2.75, 3.05) is 0 Å². The van der Waals surface area contributed by atoms with E-state index in [-0.39, 0.29) is 40.3 Å². The van der Waals surface area contributed by atoms with Gasteiger partial charge in [-0.25, -0.2) is 0 Å². The highest BCUT2D eigenvalue weighted by Crippen LogP contribution is 2.22. The average molecular weight is 462 g/mol. The fourth-order valence-electron chi connectivity index (χ4n) is 3.26. The van der Waals surface area contributed by atoms with Crippen LogP contribution in [-0.2, 0) is 0 Å². The number of para-hydroxylation sites is 3. The summed E-state index contributed by atoms with van der Waals surface area (Å²) in [7, 11) is 0. The normalized spacial score (nSPS) is 9.88. The topological polar surface area (TPSA) is 99.4 Å². The van der Waals surface area contributed by atoms with Gasteiger partial charge in [-0.1, -0.05) is 54.6 Å². The maximum atomic E-state index is 9.31. The maximum absolute atomic E-state index is 9.31. The van der Waals surface area contributed by atoms with Crippen LogP contribution in [0.4, 0.5) is 0 Å². The summed E-state index contributed by atoms with van der Waals surface area (Å²) in [5, 5.41) is 30.8. The summed E-state index contributed by atoms with van der Waals surface area (Å²) < 4.78 is 0. The number of hydrogen-bond donors (Lipinski definition) is 3. The van der Waals surface area contributed by atoms with Crippen LogP contribution in [0.2, 0.25) is 0 Å². The second-order valence-corrected chi connectivity index (χ2v) is 7.06. The van der Waals surface area contributed by atoms with Gasteiger partial charge < -0.3 is 15.3 Å². The van der Waals surface area contributed by atoms with Crippen molar-refractivity contribution in [1.29, 1.82) is 0 Å². The summed E-state index contributed by atoms with van der Waals surface area (Å²) in [6.07, 6.45) is 5.01. The molecular weight excluding hydrogens is 439 g/mol. The van der Waals surface area contributed by atoms with Crippen LogP contribution >= 0.6 is 0 Å². The Kier molecular flexibility index (Phi) is 8.56. The molecule has 34 heavy (non-hydrogen) atoms. The van der Waals surface area contributed by atoms with E-state index < -0.39 is 0 Å². The van der Waals surface area contributed by atoms with E-state index in [2.05, 4.69) is 15.0 Å². The summed E-state index contributed by atoms with van der Waals surface area (Å²) in [5.41, 5.74) is 1.99. The van der Waals surface area contributed by atoms with Gasteiger partial charge in [0.2, 0.25) is 0 Å². The maximum Gasteiger partial charge on any atom is 0.316 e. The first-order chi connectivity index (χ1) is 16.1. The predicted molar refractivity (Wildman–Crippen MR) is 139 cm³/mol. The molecule has 6 nitrogen and oxygen atoms in total. The molecule has 3 heterocycles. The lowest BCUT2D eigenvalue weighted by atomic mass is 10.2. The number of aromatic hydroxyl groups is 3. The number of phenols is 3. The van der Waals surface area contributed by atoms with E-state index in [0.29, 0.717) is 16.6 Å². The Morgan fingerprint density at radius 1 is 0.382 bits per heavy atom. The van der Waals surface area contributed by atoms with Crippen molar-refractivity contribution in [2.24, 2.45) is 0 Å². The first kappa shape index (κ1) is 24.7. The summed E-state index contributed by atoms with van der Waals surface area (Å²) in [4.78, 5) is 12.1. The van der Waals surface area contributed by atoms with Crippen LogP contribution in [0.25, 0.3) is 32.7 Å². The first-order valence-corrected chi connectivity index (χ1v) is 10.2. The van der Waals surface area contributed by atoms with E-state index in [0.717, 1.165) is 16.2 Å². The fraction of sp³-hybridized carbons (Fsp3) is 0. The monoisotopic (exact) mass is 461 g/mol. The Morgan fingerprint density at radius 3 is 0.912 bits per heavy atom. The van der Waals surface area contributed by atoms with Crippen molar-refractivity contribution >= 4 is 55.8 Å². The molecule has 0 radical (unpaired) electrons. The molecule has 166 valence electrons. The van der Waals surface area contributed by atoms with Crippen molar-refractivity contribution in [1.82, 2.24) is 15.0 Å². The van der Waals surface area contributed by atoms with Gasteiger partial charge in [-0.3, -0.25) is 15.0 Å². The lowest BCUT2D eigenvalue weighted by Crippen LogP contribution is -1.76. The SMILES string of the molecule is Oc1cccc2cccnc12.Oc1cccc2cccnc12.Oc1cccc2cccnc12.[MgH2]. The lowest BCUT2D eigenvalue weighted by molar-refractivity contribution is 0.480. The number of fused-ring (bicyclic) bond motifs is 3. The minimum atomic E-state index is 0. The molecule has 6 rings (SSSR count). The minimum absolute atomic E-state index is 0. The van der Waals surface area contributed by atoms with Crippen LogP contribution in [0.15, 0.2) is 110 Å². The van der Waals surface area contributed by atoms with Crippen LogP contribution in [0.3, 0.4) is 0 Å². The van der Waals surface area contributed by atoms with Gasteiger partial charge in [-0.15, -0.1) is 0 Å². The third kappa shape index (κ3) is 5.89. The predicted octanol–water partition coefficient (Wildman–Crippen LogP) is 4.91. The van der Waals surface area contributed by atoms with Gasteiger partial charge in [0.15, 0.2) is 0 Å². The summed E-state index contributed by atoms with van der Waals surface area (Å²) in [6.45, 7) is 0. The van der Waals surface area contributed by atoms with E-state index in [1.165, 1.54) is 0 Å². The van der Waals surface area contributed by atoms with Crippen molar-refractivity contribution in [3.05, 3.63) is 110 Å². The Bertz CT molecular complexity index is 1330. The number of pyridine rings is 3. The molecule has 3 aromatic heterocycles. The van der Waals surface area contributed by atoms with Crippen LogP contribution < -0.4 is 0 Å². The van der Waals surface area contributed by atoms with Gasteiger partial charge >= 0.3 is 23.1 Å². The number of hydrogen-bond acceptors (Lipinski definition) is 6. The van der Waals surface area contributed by atoms with E-state index >= 15 is 0 Å². The van der Waals surface area contributed by atoms with Crippen LogP contribution in [0.5, 0.6) is 17.2 Å². The molecule has 0 bridgehead atoms. The summed E-state index contributed by atoms with van der Waals surface area (Å²) in [5.74, 6) is 0.717. The largest absolute Gasteiger partial charge is 0.506 e. The molecule has 0 amide bonds. The minimum Gasteiger partial charge on any atom is -0.506 e. The first-order valence-electron chi connectivity index (χ1n) is 10.2. The molecule has 0 aliphatic rings. The van der Waals surface area contributed by atoms with E-state index in [1.54, 1.807) is 55.0 Å². The third-order valence-electron chi connectivity index (χ3n) is 4.83. The molecule has 0 aliphatic heterocycles. The fourth-order valence-corrected chi connectivity index (χ4v) is 3.26. The van der Waals surface area contributed by atoms with Crippen molar-refractivity contribution in [3.63, 3.8) is 0 Å². The molecule has 0 fully saturated rings. The Labute approximate surface area is 212 Å². The van der Waals surface area contributed by atoms with E-state index in [1.807, 2.05) is 54.6 Å². The molecular formula is C27H23MgN3O3. The highest BCUT2D eigenvalue weighted by molar-refractivity contribution is 5.85. The molecule has 3 aromatic carbocycles. The van der Waals surface area contributed by atoms with Gasteiger partial charge in [0, 0.05) is 34.7 Å². The molecule has 0 atom stereocenters. The molecule has 6 aromatic rings. The highest BCUT2D eigenvalue weighted by atomic mass is 24.3. The van der Waals surface area contributed by atoms with Gasteiger partial charge in [-0.05, 0) is 36.4 Å². The number of rotatable bonds is 0. The molecule has 3 N–H and O–H groups in total. The van der Waals surface area contributed by atoms with Gasteiger partial charge in [-0.2, -0.15) is 0 Å². The molecule has 0 saturated carbocycles. The second-order valence-electron chi connectivity index (χ2n) is 7.06. The van der Waals surface area contributed by atoms with E-state index in [4.69, 9.17) is 0 Å². The van der Waals surface area contributed by atoms with Crippen molar-refractivity contribution in [2.45, 2.75) is 0 Å². The highest BCUT2D eigenvalue weighted by Gasteiger charge is 1.98. The van der Waals surface area contributed by atoms with Gasteiger partial charge in [0.25, 0.3) is 0 Å². The van der Waals surface area contributed by atoms with Crippen LogP contribution in [-0.4, -0.2) is 53.3 Å². The number of benzene rings is 3.